The Morgan fingerprint density at radius 3 is 2.70 bits per heavy atom. The minimum Gasteiger partial charge on any atom is -0.386 e. The highest BCUT2D eigenvalue weighted by Gasteiger charge is 2.12. The van der Waals surface area contributed by atoms with E-state index in [4.69, 9.17) is 11.6 Å². The first-order chi connectivity index (χ1) is 11.2. The number of nitrogens with zero attached hydrogens (tertiary/aromatic N) is 4. The molecule has 1 aromatic carbocycles. The van der Waals surface area contributed by atoms with Crippen LogP contribution < -0.4 is 5.32 Å². The van der Waals surface area contributed by atoms with Crippen molar-refractivity contribution in [1.82, 2.24) is 25.2 Å². The normalized spacial score (nSPS) is 17.3. The second kappa shape index (κ2) is 7.88. The quantitative estimate of drug-likeness (QED) is 0.828. The summed E-state index contributed by atoms with van der Waals surface area (Å²) in [5.41, 5.74) is 1.79. The van der Waals surface area contributed by atoms with Crippen LogP contribution in [0.15, 0.2) is 30.5 Å². The first kappa shape index (κ1) is 16.4. The highest BCUT2D eigenvalue weighted by Crippen LogP contribution is 2.17. The van der Waals surface area contributed by atoms with Crippen LogP contribution in [0.2, 0.25) is 5.02 Å². The summed E-state index contributed by atoms with van der Waals surface area (Å²) in [6, 6.07) is 7.21. The predicted molar refractivity (Wildman–Crippen MR) is 89.4 cm³/mol. The minimum atomic E-state index is -0.616. The number of benzene rings is 1. The first-order valence-corrected chi connectivity index (χ1v) is 8.34. The van der Waals surface area contributed by atoms with Crippen LogP contribution >= 0.6 is 11.6 Å². The Morgan fingerprint density at radius 1 is 1.22 bits per heavy atom. The van der Waals surface area contributed by atoms with E-state index in [0.717, 1.165) is 50.4 Å². The molecule has 1 fully saturated rings. The Labute approximate surface area is 141 Å². The Bertz CT molecular complexity index is 609. The van der Waals surface area contributed by atoms with E-state index in [0.29, 0.717) is 11.6 Å². The van der Waals surface area contributed by atoms with Gasteiger partial charge in [0, 0.05) is 50.4 Å². The molecular weight excluding hydrogens is 314 g/mol. The maximum Gasteiger partial charge on any atom is 0.0986 e. The number of aliphatic hydroxyl groups excluding tert-OH is 1. The molecule has 6 nitrogen and oxygen atoms in total. The second-order valence-corrected chi connectivity index (χ2v) is 6.28. The molecule has 3 rings (SSSR count). The van der Waals surface area contributed by atoms with Gasteiger partial charge >= 0.3 is 0 Å². The Kier molecular flexibility index (Phi) is 5.61. The van der Waals surface area contributed by atoms with Gasteiger partial charge in [-0.05, 0) is 17.7 Å². The van der Waals surface area contributed by atoms with Crippen molar-refractivity contribution in [3.8, 4) is 0 Å². The lowest BCUT2D eigenvalue weighted by Gasteiger charge is -2.26. The van der Waals surface area contributed by atoms with Gasteiger partial charge in [-0.2, -0.15) is 0 Å². The lowest BCUT2D eigenvalue weighted by atomic mass is 10.1. The summed E-state index contributed by atoms with van der Waals surface area (Å²) in [5.74, 6) is 0. The number of hydrogen-bond donors (Lipinski definition) is 2. The topological polar surface area (TPSA) is 66.2 Å². The third kappa shape index (κ3) is 4.75. The monoisotopic (exact) mass is 335 g/mol. The molecule has 0 aliphatic carbocycles. The van der Waals surface area contributed by atoms with Crippen molar-refractivity contribution in [2.45, 2.75) is 19.1 Å². The van der Waals surface area contributed by atoms with Crippen LogP contribution in [-0.2, 0) is 13.0 Å². The Hall–Kier alpha value is -1.47. The fraction of sp³-hybridized carbons (Fsp3) is 0.500. The van der Waals surface area contributed by atoms with E-state index < -0.39 is 6.10 Å². The maximum absolute atomic E-state index is 10.3. The van der Waals surface area contributed by atoms with E-state index >= 15 is 0 Å². The van der Waals surface area contributed by atoms with Gasteiger partial charge in [0.15, 0.2) is 0 Å². The molecule has 0 radical (unpaired) electrons. The molecule has 1 saturated heterocycles. The first-order valence-electron chi connectivity index (χ1n) is 7.96. The van der Waals surface area contributed by atoms with Gasteiger partial charge in [-0.3, -0.25) is 0 Å². The molecule has 0 saturated carbocycles. The molecule has 0 spiro atoms. The summed E-state index contributed by atoms with van der Waals surface area (Å²) in [6.07, 6.45) is 2.19. The molecule has 1 aromatic heterocycles. The molecule has 7 heteroatoms. The third-order valence-electron chi connectivity index (χ3n) is 4.09. The summed E-state index contributed by atoms with van der Waals surface area (Å²) in [7, 11) is 0. The average Bonchev–Trinajstić information content (AvgIpc) is 3.02. The van der Waals surface area contributed by atoms with Gasteiger partial charge in [-0.1, -0.05) is 28.9 Å². The fourth-order valence-electron chi connectivity index (χ4n) is 2.72. The van der Waals surface area contributed by atoms with Crippen LogP contribution in [0.1, 0.15) is 17.4 Å². The van der Waals surface area contributed by atoms with E-state index in [1.165, 1.54) is 0 Å². The maximum atomic E-state index is 10.3. The van der Waals surface area contributed by atoms with Crippen molar-refractivity contribution in [3.05, 3.63) is 46.7 Å². The van der Waals surface area contributed by atoms with E-state index in [9.17, 15) is 5.11 Å². The Morgan fingerprint density at radius 2 is 1.96 bits per heavy atom. The van der Waals surface area contributed by atoms with Gasteiger partial charge in [0.05, 0.1) is 18.3 Å². The molecule has 0 amide bonds. The van der Waals surface area contributed by atoms with Gasteiger partial charge < -0.3 is 15.3 Å². The van der Waals surface area contributed by atoms with Crippen LogP contribution in [-0.4, -0.2) is 57.7 Å². The fourth-order valence-corrected chi connectivity index (χ4v) is 2.84. The summed E-state index contributed by atoms with van der Waals surface area (Å²) >= 11 is 5.86. The van der Waals surface area contributed by atoms with Crippen molar-refractivity contribution in [3.63, 3.8) is 0 Å². The standard InChI is InChI=1S/C16H22ClN5O/c17-14-3-1-13(2-4-14)16(23)12-22-11-15(19-20-22)5-8-21-9-6-18-7-10-21/h1-4,11,16,18,23H,5-10,12H2/t16-/m1/s1. The van der Waals surface area contributed by atoms with Crippen LogP contribution in [0.25, 0.3) is 0 Å². The van der Waals surface area contributed by atoms with Crippen LogP contribution in [0, 0.1) is 0 Å². The minimum absolute atomic E-state index is 0.391. The summed E-state index contributed by atoms with van der Waals surface area (Å²) < 4.78 is 1.70. The van der Waals surface area contributed by atoms with Gasteiger partial charge in [-0.25, -0.2) is 4.68 Å². The van der Waals surface area contributed by atoms with Crippen molar-refractivity contribution < 1.29 is 5.11 Å². The predicted octanol–water partition coefficient (Wildman–Crippen LogP) is 1.11. The van der Waals surface area contributed by atoms with Gasteiger partial charge in [0.2, 0.25) is 0 Å². The smallest absolute Gasteiger partial charge is 0.0986 e. The second-order valence-electron chi connectivity index (χ2n) is 5.84. The molecule has 0 bridgehead atoms. The largest absolute Gasteiger partial charge is 0.386 e. The number of hydrogen-bond acceptors (Lipinski definition) is 5. The molecule has 1 aliphatic heterocycles. The molecule has 2 aromatic rings. The number of aromatic nitrogens is 3. The number of nitrogens with one attached hydrogen (secondary N) is 1. The zero-order valence-electron chi connectivity index (χ0n) is 13.0. The molecule has 23 heavy (non-hydrogen) atoms. The van der Waals surface area contributed by atoms with Crippen molar-refractivity contribution >= 4 is 11.6 Å². The van der Waals surface area contributed by atoms with Crippen molar-refractivity contribution in [1.29, 1.82) is 0 Å². The lowest BCUT2D eigenvalue weighted by molar-refractivity contribution is 0.150. The van der Waals surface area contributed by atoms with E-state index in [1.807, 2.05) is 18.3 Å². The van der Waals surface area contributed by atoms with Crippen LogP contribution in [0.5, 0.6) is 0 Å². The molecule has 124 valence electrons. The highest BCUT2D eigenvalue weighted by molar-refractivity contribution is 6.30. The van der Waals surface area contributed by atoms with Crippen molar-refractivity contribution in [2.24, 2.45) is 0 Å². The van der Waals surface area contributed by atoms with E-state index in [1.54, 1.807) is 16.8 Å². The summed E-state index contributed by atoms with van der Waals surface area (Å²) in [6.45, 7) is 5.68. The van der Waals surface area contributed by atoms with Crippen LogP contribution in [0.4, 0.5) is 0 Å². The summed E-state index contributed by atoms with van der Waals surface area (Å²) in [5, 5.41) is 22.6. The zero-order valence-corrected chi connectivity index (χ0v) is 13.8. The Balaban J connectivity index is 1.51. The third-order valence-corrected chi connectivity index (χ3v) is 4.35. The number of rotatable bonds is 6. The van der Waals surface area contributed by atoms with Crippen LogP contribution in [0.3, 0.4) is 0 Å². The highest BCUT2D eigenvalue weighted by atomic mass is 35.5. The zero-order chi connectivity index (χ0) is 16.1. The molecule has 0 unspecified atom stereocenters. The average molecular weight is 336 g/mol. The molecular formula is C16H22ClN5O. The van der Waals surface area contributed by atoms with Gasteiger partial charge in [0.25, 0.3) is 0 Å². The van der Waals surface area contributed by atoms with E-state index in [2.05, 4.69) is 20.5 Å². The van der Waals surface area contributed by atoms with Crippen molar-refractivity contribution in [2.75, 3.05) is 32.7 Å². The van der Waals surface area contributed by atoms with Gasteiger partial charge in [-0.15, -0.1) is 5.10 Å². The SMILES string of the molecule is O[C@H](Cn1cc(CCN2CCNCC2)nn1)c1ccc(Cl)cc1. The lowest BCUT2D eigenvalue weighted by Crippen LogP contribution is -2.44. The van der Waals surface area contributed by atoms with E-state index in [-0.39, 0.29) is 0 Å². The number of halogens is 1. The molecule has 2 N–H and O–H groups in total. The van der Waals surface area contributed by atoms with Gasteiger partial charge in [0.1, 0.15) is 0 Å². The molecule has 1 aliphatic rings. The molecule has 2 heterocycles. The molecule has 1 atom stereocenters. The summed E-state index contributed by atoms with van der Waals surface area (Å²) in [4.78, 5) is 2.43. The number of piperazine rings is 1. The number of aliphatic hydroxyl groups is 1.